The maximum Gasteiger partial charge on any atom is 0.312 e. The molecule has 2 heterocycles. The van der Waals surface area contributed by atoms with Crippen molar-refractivity contribution >= 4 is 27.2 Å². The summed E-state index contributed by atoms with van der Waals surface area (Å²) in [6.45, 7) is 4.97. The summed E-state index contributed by atoms with van der Waals surface area (Å²) in [6.07, 6.45) is 3.57. The van der Waals surface area contributed by atoms with Gasteiger partial charge in [0, 0.05) is 35.1 Å². The van der Waals surface area contributed by atoms with Crippen LogP contribution in [0.4, 0.5) is 11.4 Å². The summed E-state index contributed by atoms with van der Waals surface area (Å²) in [5.41, 5.74) is 7.21. The van der Waals surface area contributed by atoms with Crippen LogP contribution in [0.15, 0.2) is 60.7 Å². The zero-order valence-corrected chi connectivity index (χ0v) is 22.2. The van der Waals surface area contributed by atoms with Crippen LogP contribution in [-0.4, -0.2) is 33.4 Å². The third kappa shape index (κ3) is 4.09. The van der Waals surface area contributed by atoms with Crippen molar-refractivity contribution in [1.29, 1.82) is 0 Å². The zero-order valence-electron chi connectivity index (χ0n) is 21.4. The van der Waals surface area contributed by atoms with E-state index in [0.717, 1.165) is 45.1 Å². The van der Waals surface area contributed by atoms with Gasteiger partial charge >= 0.3 is 10.1 Å². The number of ether oxygens (including phenoxy) is 2. The fourth-order valence-electron chi connectivity index (χ4n) is 5.29. The standard InChI is InChI=1S/C29H30N2O5S/c1-29(2)16-25-28-22(17-31(25)24-7-5-6-8-26(24)34-3)20(13-14-23(28)30-29)21-12-9-18(15-27(21)35-4)36-37(32,33)19-10-11-19/h5-9,12-16,19,30H,10-11,17H2,1-4H3. The van der Waals surface area contributed by atoms with Crippen LogP contribution in [0.25, 0.3) is 16.8 Å². The van der Waals surface area contributed by atoms with Gasteiger partial charge in [-0.15, -0.1) is 0 Å². The second kappa shape index (κ2) is 8.45. The molecule has 1 aliphatic carbocycles. The van der Waals surface area contributed by atoms with Crippen LogP contribution in [0.3, 0.4) is 0 Å². The molecule has 0 bridgehead atoms. The molecule has 0 saturated heterocycles. The van der Waals surface area contributed by atoms with Crippen LogP contribution in [0.5, 0.6) is 17.2 Å². The lowest BCUT2D eigenvalue weighted by Crippen LogP contribution is -2.33. The van der Waals surface area contributed by atoms with Gasteiger partial charge in [0.2, 0.25) is 0 Å². The van der Waals surface area contributed by atoms with Crippen molar-refractivity contribution in [3.05, 3.63) is 71.8 Å². The van der Waals surface area contributed by atoms with Gasteiger partial charge in [-0.25, -0.2) is 0 Å². The molecule has 1 saturated carbocycles. The van der Waals surface area contributed by atoms with E-state index in [2.05, 4.69) is 48.3 Å². The molecule has 0 atom stereocenters. The second-order valence-corrected chi connectivity index (χ2v) is 12.1. The SMILES string of the molecule is COc1cc(OS(=O)(=O)C2CC2)ccc1-c1ccc2c3c1CN(c1ccccc1OC)C3=CC(C)(C)N2. The average molecular weight is 519 g/mol. The number of hydrogen-bond acceptors (Lipinski definition) is 7. The summed E-state index contributed by atoms with van der Waals surface area (Å²) in [7, 11) is -0.325. The maximum atomic E-state index is 12.4. The first-order chi connectivity index (χ1) is 17.7. The van der Waals surface area contributed by atoms with Crippen molar-refractivity contribution in [2.75, 3.05) is 24.4 Å². The molecule has 3 aromatic carbocycles. The van der Waals surface area contributed by atoms with Gasteiger partial charge in [0.1, 0.15) is 17.2 Å². The Morgan fingerprint density at radius 3 is 2.41 bits per heavy atom. The molecular weight excluding hydrogens is 488 g/mol. The van der Waals surface area contributed by atoms with Crippen LogP contribution in [0, 0.1) is 0 Å². The highest BCUT2D eigenvalue weighted by molar-refractivity contribution is 7.88. The molecule has 0 amide bonds. The summed E-state index contributed by atoms with van der Waals surface area (Å²) in [6, 6.07) is 17.5. The van der Waals surface area contributed by atoms with Crippen LogP contribution >= 0.6 is 0 Å². The van der Waals surface area contributed by atoms with E-state index in [-0.39, 0.29) is 11.3 Å². The van der Waals surface area contributed by atoms with Gasteiger partial charge in [-0.2, -0.15) is 8.42 Å². The molecule has 7 nitrogen and oxygen atoms in total. The monoisotopic (exact) mass is 518 g/mol. The van der Waals surface area contributed by atoms with E-state index >= 15 is 0 Å². The number of hydrogen-bond donors (Lipinski definition) is 1. The van der Waals surface area contributed by atoms with E-state index in [9.17, 15) is 8.42 Å². The molecule has 0 radical (unpaired) electrons. The number of rotatable bonds is 7. The molecule has 6 rings (SSSR count). The molecule has 192 valence electrons. The minimum absolute atomic E-state index is 0.227. The lowest BCUT2D eigenvalue weighted by atomic mass is 9.89. The maximum absolute atomic E-state index is 12.4. The summed E-state index contributed by atoms with van der Waals surface area (Å²) in [4.78, 5) is 2.30. The number of nitrogens with zero attached hydrogens (tertiary/aromatic N) is 1. The number of benzene rings is 3. The molecule has 3 aliphatic rings. The van der Waals surface area contributed by atoms with E-state index in [1.165, 1.54) is 0 Å². The minimum Gasteiger partial charge on any atom is -0.496 e. The average Bonchev–Trinajstić information content (AvgIpc) is 3.67. The van der Waals surface area contributed by atoms with Crippen LogP contribution in [0.1, 0.15) is 37.8 Å². The molecule has 2 aliphatic heterocycles. The van der Waals surface area contributed by atoms with E-state index < -0.39 is 15.4 Å². The zero-order chi connectivity index (χ0) is 25.9. The number of nitrogens with one attached hydrogen (secondary N) is 1. The first kappa shape index (κ1) is 23.7. The predicted molar refractivity (Wildman–Crippen MR) is 146 cm³/mol. The van der Waals surface area contributed by atoms with Crippen LogP contribution in [-0.2, 0) is 16.7 Å². The second-order valence-electron chi connectivity index (χ2n) is 10.3. The lowest BCUT2D eigenvalue weighted by Gasteiger charge is -2.33. The highest BCUT2D eigenvalue weighted by Gasteiger charge is 2.39. The highest BCUT2D eigenvalue weighted by atomic mass is 32.2. The van der Waals surface area contributed by atoms with Crippen molar-refractivity contribution < 1.29 is 22.1 Å². The van der Waals surface area contributed by atoms with Crippen molar-refractivity contribution in [3.63, 3.8) is 0 Å². The molecule has 8 heteroatoms. The van der Waals surface area contributed by atoms with Gasteiger partial charge < -0.3 is 23.9 Å². The largest absolute Gasteiger partial charge is 0.496 e. The normalized spacial score (nSPS) is 17.5. The van der Waals surface area contributed by atoms with Gasteiger partial charge in [0.15, 0.2) is 0 Å². The summed E-state index contributed by atoms with van der Waals surface area (Å²) in [5, 5.41) is 3.25. The molecule has 3 aromatic rings. The van der Waals surface area contributed by atoms with Gasteiger partial charge in [-0.05, 0) is 74.2 Å². The van der Waals surface area contributed by atoms with Crippen molar-refractivity contribution in [1.82, 2.24) is 0 Å². The van der Waals surface area contributed by atoms with Crippen molar-refractivity contribution in [2.24, 2.45) is 0 Å². The molecule has 0 aromatic heterocycles. The summed E-state index contributed by atoms with van der Waals surface area (Å²) in [5.74, 6) is 1.64. The number of methoxy groups -OCH3 is 2. The molecule has 0 spiro atoms. The van der Waals surface area contributed by atoms with Gasteiger partial charge in [-0.3, -0.25) is 0 Å². The van der Waals surface area contributed by atoms with Gasteiger partial charge in [0.25, 0.3) is 0 Å². The van der Waals surface area contributed by atoms with Gasteiger partial charge in [-0.1, -0.05) is 18.2 Å². The molecule has 1 fully saturated rings. The topological polar surface area (TPSA) is 77.1 Å². The Balaban J connectivity index is 1.46. The van der Waals surface area contributed by atoms with E-state index in [1.54, 1.807) is 26.4 Å². The van der Waals surface area contributed by atoms with Crippen molar-refractivity contribution in [3.8, 4) is 28.4 Å². The smallest absolute Gasteiger partial charge is 0.312 e. The quantitative estimate of drug-likeness (QED) is 0.396. The highest BCUT2D eigenvalue weighted by Crippen LogP contribution is 2.51. The Labute approximate surface area is 217 Å². The van der Waals surface area contributed by atoms with E-state index in [1.807, 2.05) is 24.3 Å². The molecule has 37 heavy (non-hydrogen) atoms. The third-order valence-corrected chi connectivity index (χ3v) is 8.83. The Morgan fingerprint density at radius 2 is 1.68 bits per heavy atom. The first-order valence-corrected chi connectivity index (χ1v) is 13.9. The number of para-hydroxylation sites is 2. The molecule has 0 unspecified atom stereocenters. The third-order valence-electron chi connectivity index (χ3n) is 7.11. The minimum atomic E-state index is -3.61. The van der Waals surface area contributed by atoms with Crippen LogP contribution < -0.4 is 23.9 Å². The fourth-order valence-corrected chi connectivity index (χ4v) is 6.51. The Bertz CT molecular complexity index is 1540. The predicted octanol–water partition coefficient (Wildman–Crippen LogP) is 5.81. The number of anilines is 2. The van der Waals surface area contributed by atoms with E-state index in [4.69, 9.17) is 13.7 Å². The molecular formula is C29H30N2O5S. The Hall–Kier alpha value is -3.65. The summed E-state index contributed by atoms with van der Waals surface area (Å²) >= 11 is 0. The van der Waals surface area contributed by atoms with E-state index in [0.29, 0.717) is 25.1 Å². The lowest BCUT2D eigenvalue weighted by molar-refractivity contribution is 0.413. The fraction of sp³-hybridized carbons (Fsp3) is 0.310. The molecule has 1 N–H and O–H groups in total. The van der Waals surface area contributed by atoms with Gasteiger partial charge in [0.05, 0.1) is 30.7 Å². The Morgan fingerprint density at radius 1 is 0.946 bits per heavy atom. The summed E-state index contributed by atoms with van der Waals surface area (Å²) < 4.78 is 41.6. The van der Waals surface area contributed by atoms with Crippen LogP contribution in [0.2, 0.25) is 0 Å². The first-order valence-electron chi connectivity index (χ1n) is 12.4. The van der Waals surface area contributed by atoms with Crippen molar-refractivity contribution in [2.45, 2.75) is 44.0 Å². The Kier molecular flexibility index (Phi) is 5.42.